The molecule has 3 heteroatoms. The van der Waals surface area contributed by atoms with Crippen LogP contribution < -0.4 is 10.6 Å². The molecule has 1 aliphatic heterocycles. The second-order valence-corrected chi connectivity index (χ2v) is 4.71. The summed E-state index contributed by atoms with van der Waals surface area (Å²) in [5.74, 6) is 0. The molecule has 1 atom stereocenters. The first-order chi connectivity index (χ1) is 6.84. The molecule has 3 nitrogen and oxygen atoms in total. The monoisotopic (exact) mass is 198 g/mol. The Balaban J connectivity index is 1.60. The van der Waals surface area contributed by atoms with Crippen LogP contribution in [0.3, 0.4) is 0 Å². The lowest BCUT2D eigenvalue weighted by Crippen LogP contribution is -2.41. The molecule has 82 valence electrons. The number of rotatable bonds is 3. The molecule has 0 spiro atoms. The minimum Gasteiger partial charge on any atom is -0.393 e. The molecular formula is C11H22N2O. The van der Waals surface area contributed by atoms with Crippen molar-refractivity contribution in [2.45, 2.75) is 56.7 Å². The van der Waals surface area contributed by atoms with Gasteiger partial charge in [0.15, 0.2) is 0 Å². The molecule has 1 aliphatic carbocycles. The Kier molecular flexibility index (Phi) is 3.79. The van der Waals surface area contributed by atoms with E-state index in [1.807, 2.05) is 0 Å². The highest BCUT2D eigenvalue weighted by molar-refractivity contribution is 4.81. The fourth-order valence-corrected chi connectivity index (χ4v) is 2.52. The Bertz CT molecular complexity index is 161. The molecule has 1 saturated carbocycles. The van der Waals surface area contributed by atoms with Gasteiger partial charge in [0.25, 0.3) is 0 Å². The maximum absolute atomic E-state index is 9.37. The summed E-state index contributed by atoms with van der Waals surface area (Å²) in [4.78, 5) is 0. The maximum atomic E-state index is 9.37. The summed E-state index contributed by atoms with van der Waals surface area (Å²) in [5, 5.41) is 16.5. The first kappa shape index (κ1) is 10.4. The number of hydrogen-bond acceptors (Lipinski definition) is 3. The van der Waals surface area contributed by atoms with Crippen molar-refractivity contribution in [2.75, 3.05) is 13.1 Å². The van der Waals surface area contributed by atoms with Crippen molar-refractivity contribution < 1.29 is 5.11 Å². The predicted molar refractivity (Wildman–Crippen MR) is 57.3 cm³/mol. The zero-order valence-electron chi connectivity index (χ0n) is 8.84. The standard InChI is InChI=1S/C11H22N2O/c14-11-5-3-9(4-6-11)13-8-10-2-1-7-12-10/h9-14H,1-8H2. The highest BCUT2D eigenvalue weighted by Crippen LogP contribution is 2.18. The third-order valence-corrected chi connectivity index (χ3v) is 3.51. The Hall–Kier alpha value is -0.120. The van der Waals surface area contributed by atoms with Crippen LogP contribution in [-0.4, -0.2) is 36.4 Å². The molecule has 3 N–H and O–H groups in total. The minimum atomic E-state index is -0.0299. The van der Waals surface area contributed by atoms with Gasteiger partial charge in [0, 0.05) is 18.6 Å². The van der Waals surface area contributed by atoms with Crippen molar-refractivity contribution in [3.8, 4) is 0 Å². The summed E-state index contributed by atoms with van der Waals surface area (Å²) in [5.41, 5.74) is 0. The second-order valence-electron chi connectivity index (χ2n) is 4.71. The van der Waals surface area contributed by atoms with Crippen molar-refractivity contribution in [1.29, 1.82) is 0 Å². The van der Waals surface area contributed by atoms with E-state index in [1.165, 1.54) is 19.4 Å². The minimum absolute atomic E-state index is 0.0299. The molecule has 2 rings (SSSR count). The highest BCUT2D eigenvalue weighted by atomic mass is 16.3. The van der Waals surface area contributed by atoms with E-state index in [2.05, 4.69) is 10.6 Å². The molecule has 1 heterocycles. The lowest BCUT2D eigenvalue weighted by Gasteiger charge is -2.27. The third-order valence-electron chi connectivity index (χ3n) is 3.51. The van der Waals surface area contributed by atoms with Crippen LogP contribution in [0.25, 0.3) is 0 Å². The molecule has 14 heavy (non-hydrogen) atoms. The summed E-state index contributed by atoms with van der Waals surface area (Å²) >= 11 is 0. The van der Waals surface area contributed by atoms with Crippen LogP contribution in [0.2, 0.25) is 0 Å². The van der Waals surface area contributed by atoms with E-state index in [0.29, 0.717) is 12.1 Å². The normalized spacial score (nSPS) is 38.8. The van der Waals surface area contributed by atoms with Crippen molar-refractivity contribution in [2.24, 2.45) is 0 Å². The fraction of sp³-hybridized carbons (Fsp3) is 1.00. The molecule has 0 bridgehead atoms. The Morgan fingerprint density at radius 3 is 2.57 bits per heavy atom. The van der Waals surface area contributed by atoms with Gasteiger partial charge in [-0.1, -0.05) is 0 Å². The van der Waals surface area contributed by atoms with Gasteiger partial charge in [-0.3, -0.25) is 0 Å². The van der Waals surface area contributed by atoms with Crippen LogP contribution in [0.15, 0.2) is 0 Å². The third kappa shape index (κ3) is 2.94. The van der Waals surface area contributed by atoms with Crippen LogP contribution in [0.4, 0.5) is 0 Å². The summed E-state index contributed by atoms with van der Waals surface area (Å²) in [6.07, 6.45) is 6.88. The SMILES string of the molecule is OC1CCC(NCC2CCCN2)CC1. The molecule has 0 aromatic rings. The van der Waals surface area contributed by atoms with Gasteiger partial charge in [0.05, 0.1) is 6.10 Å². The molecule has 1 unspecified atom stereocenters. The molecule has 0 aromatic carbocycles. The van der Waals surface area contributed by atoms with Crippen LogP contribution in [0.5, 0.6) is 0 Å². The number of aliphatic hydroxyl groups excluding tert-OH is 1. The van der Waals surface area contributed by atoms with Gasteiger partial charge in [-0.25, -0.2) is 0 Å². The summed E-state index contributed by atoms with van der Waals surface area (Å²) in [6.45, 7) is 2.30. The van der Waals surface area contributed by atoms with Crippen LogP contribution >= 0.6 is 0 Å². The number of hydrogen-bond donors (Lipinski definition) is 3. The molecule has 0 amide bonds. The Morgan fingerprint density at radius 2 is 1.93 bits per heavy atom. The van der Waals surface area contributed by atoms with Crippen molar-refractivity contribution in [3.63, 3.8) is 0 Å². The van der Waals surface area contributed by atoms with Crippen LogP contribution in [-0.2, 0) is 0 Å². The highest BCUT2D eigenvalue weighted by Gasteiger charge is 2.20. The van der Waals surface area contributed by atoms with Gasteiger partial charge in [0.1, 0.15) is 0 Å². The largest absolute Gasteiger partial charge is 0.393 e. The average molecular weight is 198 g/mol. The summed E-state index contributed by atoms with van der Waals surface area (Å²) < 4.78 is 0. The molecule has 0 radical (unpaired) electrons. The van der Waals surface area contributed by atoms with Crippen molar-refractivity contribution >= 4 is 0 Å². The van der Waals surface area contributed by atoms with Crippen LogP contribution in [0, 0.1) is 0 Å². The van der Waals surface area contributed by atoms with Gasteiger partial charge in [-0.2, -0.15) is 0 Å². The Morgan fingerprint density at radius 1 is 1.14 bits per heavy atom. The molecule has 1 saturated heterocycles. The fourth-order valence-electron chi connectivity index (χ4n) is 2.52. The molecule has 0 aromatic heterocycles. The summed E-state index contributed by atoms with van der Waals surface area (Å²) in [6, 6.07) is 1.35. The van der Waals surface area contributed by atoms with E-state index in [-0.39, 0.29) is 6.10 Å². The molecule has 2 fully saturated rings. The number of nitrogens with one attached hydrogen (secondary N) is 2. The van der Waals surface area contributed by atoms with Crippen molar-refractivity contribution in [3.05, 3.63) is 0 Å². The lowest BCUT2D eigenvalue weighted by atomic mass is 9.93. The first-order valence-corrected chi connectivity index (χ1v) is 5.99. The van der Waals surface area contributed by atoms with Crippen LogP contribution in [0.1, 0.15) is 38.5 Å². The smallest absolute Gasteiger partial charge is 0.0541 e. The van der Waals surface area contributed by atoms with E-state index in [4.69, 9.17) is 0 Å². The lowest BCUT2D eigenvalue weighted by molar-refractivity contribution is 0.116. The van der Waals surface area contributed by atoms with E-state index >= 15 is 0 Å². The van der Waals surface area contributed by atoms with E-state index < -0.39 is 0 Å². The first-order valence-electron chi connectivity index (χ1n) is 5.99. The van der Waals surface area contributed by atoms with Gasteiger partial charge in [-0.15, -0.1) is 0 Å². The number of aliphatic hydroxyl groups is 1. The van der Waals surface area contributed by atoms with E-state index in [0.717, 1.165) is 32.2 Å². The maximum Gasteiger partial charge on any atom is 0.0541 e. The van der Waals surface area contributed by atoms with Gasteiger partial charge >= 0.3 is 0 Å². The van der Waals surface area contributed by atoms with Gasteiger partial charge in [0.2, 0.25) is 0 Å². The van der Waals surface area contributed by atoms with Gasteiger partial charge < -0.3 is 15.7 Å². The molecular weight excluding hydrogens is 176 g/mol. The molecule has 2 aliphatic rings. The quantitative estimate of drug-likeness (QED) is 0.623. The predicted octanol–water partition coefficient (Wildman–Crippen LogP) is 0.631. The zero-order chi connectivity index (χ0) is 9.80. The van der Waals surface area contributed by atoms with Crippen molar-refractivity contribution in [1.82, 2.24) is 10.6 Å². The Labute approximate surface area is 86.3 Å². The van der Waals surface area contributed by atoms with Gasteiger partial charge in [-0.05, 0) is 45.1 Å². The second kappa shape index (κ2) is 5.10. The average Bonchev–Trinajstić information content (AvgIpc) is 2.70. The van der Waals surface area contributed by atoms with E-state index in [9.17, 15) is 5.11 Å². The topological polar surface area (TPSA) is 44.3 Å². The zero-order valence-corrected chi connectivity index (χ0v) is 8.84. The summed E-state index contributed by atoms with van der Waals surface area (Å²) in [7, 11) is 0. The van der Waals surface area contributed by atoms with E-state index in [1.54, 1.807) is 0 Å².